The molecule has 0 aliphatic carbocycles. The highest BCUT2D eigenvalue weighted by molar-refractivity contribution is 5.94. The van der Waals surface area contributed by atoms with E-state index >= 15 is 0 Å². The van der Waals surface area contributed by atoms with Gasteiger partial charge in [-0.15, -0.1) is 0 Å². The maximum atomic E-state index is 13.4. The number of fused-ring (bicyclic) bond motifs is 1. The number of hydrogen-bond donors (Lipinski definition) is 1. The predicted octanol–water partition coefficient (Wildman–Crippen LogP) is 5.00. The molecule has 1 amide bonds. The Morgan fingerprint density at radius 1 is 0.906 bits per heavy atom. The second-order valence-corrected chi connectivity index (χ2v) is 8.09. The Bertz CT molecular complexity index is 1320. The molecule has 0 radical (unpaired) electrons. The summed E-state index contributed by atoms with van der Waals surface area (Å²) in [5, 5.41) is 0.942. The van der Waals surface area contributed by atoms with Crippen LogP contribution in [0.2, 0.25) is 0 Å². The lowest BCUT2D eigenvalue weighted by atomic mass is 10.1. The molecule has 5 nitrogen and oxygen atoms in total. The second-order valence-electron chi connectivity index (χ2n) is 8.09. The van der Waals surface area contributed by atoms with Gasteiger partial charge in [0.1, 0.15) is 5.75 Å². The number of carbonyl (C=O) groups excluding carboxylic acids is 1. The van der Waals surface area contributed by atoms with Crippen LogP contribution in [0, 0.1) is 13.8 Å². The smallest absolute Gasteiger partial charge is 0.254 e. The number of aromatic amines is 1. The van der Waals surface area contributed by atoms with E-state index in [2.05, 4.69) is 4.98 Å². The third-order valence-corrected chi connectivity index (χ3v) is 5.52. The number of amides is 1. The molecule has 0 aliphatic rings. The van der Waals surface area contributed by atoms with Crippen molar-refractivity contribution in [3.8, 4) is 5.75 Å². The number of benzene rings is 3. The summed E-state index contributed by atoms with van der Waals surface area (Å²) in [4.78, 5) is 30.9. The molecule has 0 atom stereocenters. The highest BCUT2D eigenvalue weighted by Gasteiger charge is 2.19. The molecule has 5 heteroatoms. The standard InChI is InChI=1S/C27H26N2O3/c1-18-5-4-6-22(13-18)27(31)29(16-20-8-11-24(32-3)12-9-20)17-23-15-21-10-7-19(2)14-25(21)28-26(23)30/h4-15H,16-17H2,1-3H3,(H,28,30). The molecule has 4 rings (SSSR count). The van der Waals surface area contributed by atoms with Gasteiger partial charge in [-0.3, -0.25) is 9.59 Å². The first-order valence-corrected chi connectivity index (χ1v) is 10.5. The van der Waals surface area contributed by atoms with Crippen molar-refractivity contribution >= 4 is 16.8 Å². The molecule has 0 fully saturated rings. The lowest BCUT2D eigenvalue weighted by molar-refractivity contribution is 0.0729. The number of nitrogens with one attached hydrogen (secondary N) is 1. The van der Waals surface area contributed by atoms with E-state index in [9.17, 15) is 9.59 Å². The third-order valence-electron chi connectivity index (χ3n) is 5.52. The number of aryl methyl sites for hydroxylation is 2. The minimum Gasteiger partial charge on any atom is -0.497 e. The number of carbonyl (C=O) groups is 1. The van der Waals surface area contributed by atoms with Crippen LogP contribution in [0.5, 0.6) is 5.75 Å². The molecule has 1 N–H and O–H groups in total. The SMILES string of the molecule is COc1ccc(CN(Cc2cc3ccc(C)cc3[nH]c2=O)C(=O)c2cccc(C)c2)cc1. The number of ether oxygens (including phenoxy) is 1. The van der Waals surface area contributed by atoms with Gasteiger partial charge in [-0.25, -0.2) is 0 Å². The van der Waals surface area contributed by atoms with Crippen LogP contribution in [0.3, 0.4) is 0 Å². The number of aromatic nitrogens is 1. The van der Waals surface area contributed by atoms with E-state index in [0.717, 1.165) is 33.3 Å². The Morgan fingerprint density at radius 2 is 1.66 bits per heavy atom. The van der Waals surface area contributed by atoms with E-state index < -0.39 is 0 Å². The average Bonchev–Trinajstić information content (AvgIpc) is 2.79. The van der Waals surface area contributed by atoms with Crippen molar-refractivity contribution in [2.24, 2.45) is 0 Å². The Hall–Kier alpha value is -3.86. The van der Waals surface area contributed by atoms with Gasteiger partial charge in [0, 0.05) is 23.2 Å². The summed E-state index contributed by atoms with van der Waals surface area (Å²) in [6.07, 6.45) is 0. The summed E-state index contributed by atoms with van der Waals surface area (Å²) >= 11 is 0. The van der Waals surface area contributed by atoms with Crippen molar-refractivity contribution in [1.29, 1.82) is 0 Å². The molecular formula is C27H26N2O3. The monoisotopic (exact) mass is 426 g/mol. The average molecular weight is 427 g/mol. The first-order valence-electron chi connectivity index (χ1n) is 10.5. The van der Waals surface area contributed by atoms with Crippen molar-refractivity contribution in [2.45, 2.75) is 26.9 Å². The van der Waals surface area contributed by atoms with Gasteiger partial charge in [0.2, 0.25) is 0 Å². The zero-order valence-electron chi connectivity index (χ0n) is 18.5. The number of methoxy groups -OCH3 is 1. The Morgan fingerprint density at radius 3 is 2.38 bits per heavy atom. The van der Waals surface area contributed by atoms with Crippen molar-refractivity contribution in [3.05, 3.63) is 111 Å². The Kier molecular flexibility index (Phi) is 6.08. The summed E-state index contributed by atoms with van der Waals surface area (Å²) in [5.41, 5.74) is 4.82. The molecule has 1 aromatic heterocycles. The molecule has 0 bridgehead atoms. The van der Waals surface area contributed by atoms with Gasteiger partial charge < -0.3 is 14.6 Å². The molecule has 32 heavy (non-hydrogen) atoms. The number of hydrogen-bond acceptors (Lipinski definition) is 3. The van der Waals surface area contributed by atoms with Crippen molar-refractivity contribution in [3.63, 3.8) is 0 Å². The van der Waals surface area contributed by atoms with Gasteiger partial charge in [0.15, 0.2) is 0 Å². The summed E-state index contributed by atoms with van der Waals surface area (Å²) in [7, 11) is 1.62. The third kappa shape index (κ3) is 4.72. The van der Waals surface area contributed by atoms with E-state index in [0.29, 0.717) is 17.7 Å². The first kappa shape index (κ1) is 21.4. The van der Waals surface area contributed by atoms with Gasteiger partial charge in [-0.05, 0) is 66.8 Å². The summed E-state index contributed by atoms with van der Waals surface area (Å²) < 4.78 is 5.24. The quantitative estimate of drug-likeness (QED) is 0.472. The molecule has 0 aliphatic heterocycles. The van der Waals surface area contributed by atoms with Crippen LogP contribution in [0.15, 0.2) is 77.6 Å². The fraction of sp³-hybridized carbons (Fsp3) is 0.185. The molecule has 4 aromatic rings. The highest BCUT2D eigenvalue weighted by atomic mass is 16.5. The van der Waals surface area contributed by atoms with Gasteiger partial charge in [0.25, 0.3) is 11.5 Å². The molecule has 0 spiro atoms. The van der Waals surface area contributed by atoms with Crippen LogP contribution in [0.4, 0.5) is 0 Å². The number of rotatable bonds is 6. The van der Waals surface area contributed by atoms with Crippen LogP contribution in [-0.4, -0.2) is 22.9 Å². The molecule has 0 saturated carbocycles. The predicted molar refractivity (Wildman–Crippen MR) is 127 cm³/mol. The molecule has 3 aromatic carbocycles. The fourth-order valence-electron chi connectivity index (χ4n) is 3.79. The maximum Gasteiger partial charge on any atom is 0.254 e. The van der Waals surface area contributed by atoms with Gasteiger partial charge >= 0.3 is 0 Å². The van der Waals surface area contributed by atoms with Crippen molar-refractivity contribution in [2.75, 3.05) is 7.11 Å². The van der Waals surface area contributed by atoms with Crippen LogP contribution < -0.4 is 10.3 Å². The van der Waals surface area contributed by atoms with E-state index in [1.165, 1.54) is 0 Å². The van der Waals surface area contributed by atoms with Gasteiger partial charge in [-0.1, -0.05) is 42.0 Å². The Labute approximate surface area is 187 Å². The van der Waals surface area contributed by atoms with Gasteiger partial charge in [0.05, 0.1) is 13.7 Å². The van der Waals surface area contributed by atoms with E-state index in [4.69, 9.17) is 4.74 Å². The zero-order valence-corrected chi connectivity index (χ0v) is 18.5. The molecule has 0 saturated heterocycles. The molecular weight excluding hydrogens is 400 g/mol. The summed E-state index contributed by atoms with van der Waals surface area (Å²) in [6.45, 7) is 4.53. The van der Waals surface area contributed by atoms with Gasteiger partial charge in [-0.2, -0.15) is 0 Å². The summed E-state index contributed by atoms with van der Waals surface area (Å²) in [6, 6.07) is 22.9. The topological polar surface area (TPSA) is 62.4 Å². The molecule has 1 heterocycles. The number of pyridine rings is 1. The molecule has 162 valence electrons. The zero-order chi connectivity index (χ0) is 22.7. The van der Waals surface area contributed by atoms with Crippen LogP contribution in [0.1, 0.15) is 32.6 Å². The highest BCUT2D eigenvalue weighted by Crippen LogP contribution is 2.19. The minimum absolute atomic E-state index is 0.118. The largest absolute Gasteiger partial charge is 0.497 e. The fourth-order valence-corrected chi connectivity index (χ4v) is 3.79. The van der Waals surface area contributed by atoms with Crippen LogP contribution in [0.25, 0.3) is 10.9 Å². The van der Waals surface area contributed by atoms with Crippen LogP contribution >= 0.6 is 0 Å². The van der Waals surface area contributed by atoms with Crippen molar-refractivity contribution in [1.82, 2.24) is 9.88 Å². The van der Waals surface area contributed by atoms with E-state index in [1.54, 1.807) is 12.0 Å². The summed E-state index contributed by atoms with van der Waals surface area (Å²) in [5.74, 6) is 0.638. The van der Waals surface area contributed by atoms with Crippen LogP contribution in [-0.2, 0) is 13.1 Å². The minimum atomic E-state index is -0.181. The lowest BCUT2D eigenvalue weighted by Crippen LogP contribution is -2.32. The van der Waals surface area contributed by atoms with E-state index in [-0.39, 0.29) is 18.0 Å². The number of H-pyrrole nitrogens is 1. The lowest BCUT2D eigenvalue weighted by Gasteiger charge is -2.23. The second kappa shape index (κ2) is 9.10. The number of nitrogens with zero attached hydrogens (tertiary/aromatic N) is 1. The normalized spacial score (nSPS) is 10.8. The van der Waals surface area contributed by atoms with Crippen molar-refractivity contribution < 1.29 is 9.53 Å². The molecule has 0 unspecified atom stereocenters. The van der Waals surface area contributed by atoms with E-state index in [1.807, 2.05) is 86.6 Å². The Balaban J connectivity index is 1.70. The first-order chi connectivity index (χ1) is 15.4. The maximum absolute atomic E-state index is 13.4.